The van der Waals surface area contributed by atoms with E-state index in [0.29, 0.717) is 11.3 Å². The van der Waals surface area contributed by atoms with Crippen LogP contribution in [0.5, 0.6) is 17.2 Å². The van der Waals surface area contributed by atoms with Crippen molar-refractivity contribution >= 4 is 17.9 Å². The predicted octanol–water partition coefficient (Wildman–Crippen LogP) is 2.23. The lowest BCUT2D eigenvalue weighted by molar-refractivity contribution is -0.133. The van der Waals surface area contributed by atoms with Crippen molar-refractivity contribution in [3.8, 4) is 17.2 Å². The number of rotatable bonds is 6. The molecule has 2 aromatic carbocycles. The maximum atomic E-state index is 11.2. The van der Waals surface area contributed by atoms with Gasteiger partial charge < -0.3 is 24.4 Å². The lowest BCUT2D eigenvalue weighted by atomic mass is 9.98. The first-order valence-electron chi connectivity index (χ1n) is 8.32. The van der Waals surface area contributed by atoms with Gasteiger partial charge in [-0.3, -0.25) is 14.4 Å². The maximum absolute atomic E-state index is 11.2. The summed E-state index contributed by atoms with van der Waals surface area (Å²) < 4.78 is 14.9. The molecule has 0 heterocycles. The molecule has 0 saturated carbocycles. The van der Waals surface area contributed by atoms with Crippen LogP contribution in [0.3, 0.4) is 0 Å². The number of esters is 3. The number of ether oxygens (including phenoxy) is 3. The van der Waals surface area contributed by atoms with Crippen LogP contribution in [-0.4, -0.2) is 28.1 Å². The van der Waals surface area contributed by atoms with Crippen LogP contribution in [0.25, 0.3) is 0 Å². The van der Waals surface area contributed by atoms with Crippen molar-refractivity contribution in [3.63, 3.8) is 0 Å². The second-order valence-electron chi connectivity index (χ2n) is 5.98. The predicted molar refractivity (Wildman–Crippen MR) is 96.7 cm³/mol. The van der Waals surface area contributed by atoms with Gasteiger partial charge in [0.2, 0.25) is 0 Å². The van der Waals surface area contributed by atoms with Crippen LogP contribution >= 0.6 is 0 Å². The average Bonchev–Trinajstić information content (AvgIpc) is 2.59. The van der Waals surface area contributed by atoms with Gasteiger partial charge in [0, 0.05) is 26.8 Å². The third-order valence-electron chi connectivity index (χ3n) is 3.55. The van der Waals surface area contributed by atoms with E-state index < -0.39 is 30.1 Å². The largest absolute Gasteiger partial charge is 0.427 e. The van der Waals surface area contributed by atoms with Crippen LogP contribution in [0.2, 0.25) is 0 Å². The molecule has 0 fully saturated rings. The van der Waals surface area contributed by atoms with Gasteiger partial charge in [-0.05, 0) is 35.4 Å². The summed E-state index contributed by atoms with van der Waals surface area (Å²) in [6.07, 6.45) is -2.76. The monoisotopic (exact) mass is 388 g/mol. The molecule has 0 bridgehead atoms. The molecule has 0 aliphatic carbocycles. The number of carbonyl (C=O) groups excluding carboxylic acids is 3. The molecular formula is C20H20O8. The van der Waals surface area contributed by atoms with Gasteiger partial charge >= 0.3 is 17.9 Å². The number of aliphatic hydroxyl groups is 2. The van der Waals surface area contributed by atoms with Gasteiger partial charge in [-0.1, -0.05) is 12.1 Å². The maximum Gasteiger partial charge on any atom is 0.308 e. The summed E-state index contributed by atoms with van der Waals surface area (Å²) in [5, 5.41) is 21.0. The van der Waals surface area contributed by atoms with Gasteiger partial charge in [0.1, 0.15) is 29.5 Å². The molecule has 2 aromatic rings. The molecule has 8 heteroatoms. The van der Waals surface area contributed by atoms with Gasteiger partial charge in [0.25, 0.3) is 0 Å². The molecule has 0 amide bonds. The van der Waals surface area contributed by atoms with Crippen LogP contribution in [-0.2, 0) is 14.4 Å². The Morgan fingerprint density at radius 1 is 0.643 bits per heavy atom. The minimum atomic E-state index is -1.41. The second kappa shape index (κ2) is 9.12. The normalized spacial score (nSPS) is 12.6. The highest BCUT2D eigenvalue weighted by Crippen LogP contribution is 2.34. The number of hydrogen-bond donors (Lipinski definition) is 2. The topological polar surface area (TPSA) is 119 Å². The van der Waals surface area contributed by atoms with E-state index in [-0.39, 0.29) is 17.1 Å². The highest BCUT2D eigenvalue weighted by Gasteiger charge is 2.22. The van der Waals surface area contributed by atoms with Crippen LogP contribution in [0.1, 0.15) is 44.1 Å². The Morgan fingerprint density at radius 3 is 1.46 bits per heavy atom. The zero-order valence-corrected chi connectivity index (χ0v) is 15.5. The summed E-state index contributed by atoms with van der Waals surface area (Å²) in [6, 6.07) is 9.98. The summed E-state index contributed by atoms with van der Waals surface area (Å²) in [7, 11) is 0. The fraction of sp³-hybridized carbons (Fsp3) is 0.250. The van der Waals surface area contributed by atoms with E-state index in [2.05, 4.69) is 0 Å². The molecular weight excluding hydrogens is 368 g/mol. The van der Waals surface area contributed by atoms with E-state index in [1.807, 2.05) is 0 Å². The van der Waals surface area contributed by atoms with E-state index in [0.717, 1.165) is 0 Å². The first-order valence-corrected chi connectivity index (χ1v) is 8.32. The molecule has 0 radical (unpaired) electrons. The number of benzene rings is 2. The summed E-state index contributed by atoms with van der Waals surface area (Å²) in [5.74, 6) is -1.26. The number of hydrogen-bond acceptors (Lipinski definition) is 8. The first-order chi connectivity index (χ1) is 13.2. The third-order valence-corrected chi connectivity index (χ3v) is 3.55. The quantitative estimate of drug-likeness (QED) is 0.571. The molecule has 0 aliphatic heterocycles. The fourth-order valence-electron chi connectivity index (χ4n) is 2.48. The molecule has 28 heavy (non-hydrogen) atoms. The molecule has 8 nitrogen and oxygen atoms in total. The first kappa shape index (κ1) is 21.1. The average molecular weight is 388 g/mol. The summed E-state index contributed by atoms with van der Waals surface area (Å²) >= 11 is 0. The Morgan fingerprint density at radius 2 is 1.04 bits per heavy atom. The highest BCUT2D eigenvalue weighted by atomic mass is 16.5. The van der Waals surface area contributed by atoms with Crippen molar-refractivity contribution < 1.29 is 38.8 Å². The Balaban J connectivity index is 2.29. The molecule has 0 saturated heterocycles. The van der Waals surface area contributed by atoms with Crippen LogP contribution in [0, 0.1) is 0 Å². The van der Waals surface area contributed by atoms with Gasteiger partial charge in [0.05, 0.1) is 0 Å². The lowest BCUT2D eigenvalue weighted by Gasteiger charge is -2.20. The Labute approximate surface area is 161 Å². The molecule has 2 rings (SSSR count). The standard InChI is InChI=1S/C20H20O8/c1-11(21)26-16-6-4-14(5-7-16)19(24)20(25)15-8-17(27-12(2)22)10-18(9-15)28-13(3)23/h4-10,19-20,24-25H,1-3H3. The van der Waals surface area contributed by atoms with E-state index in [1.165, 1.54) is 63.2 Å². The number of carbonyl (C=O) groups is 3. The van der Waals surface area contributed by atoms with E-state index in [1.54, 1.807) is 0 Å². The van der Waals surface area contributed by atoms with Gasteiger partial charge in [-0.2, -0.15) is 0 Å². The van der Waals surface area contributed by atoms with E-state index >= 15 is 0 Å². The molecule has 0 spiro atoms. The Hall–Kier alpha value is -3.23. The van der Waals surface area contributed by atoms with Crippen molar-refractivity contribution in [3.05, 3.63) is 53.6 Å². The van der Waals surface area contributed by atoms with Crippen molar-refractivity contribution in [2.24, 2.45) is 0 Å². The SMILES string of the molecule is CC(=O)Oc1ccc(C(O)C(O)c2cc(OC(C)=O)cc(OC(C)=O)c2)cc1. The van der Waals surface area contributed by atoms with Gasteiger partial charge in [0.15, 0.2) is 0 Å². The number of aliphatic hydroxyl groups excluding tert-OH is 2. The van der Waals surface area contributed by atoms with Gasteiger partial charge in [-0.15, -0.1) is 0 Å². The Kier molecular flexibility index (Phi) is 6.86. The van der Waals surface area contributed by atoms with Crippen molar-refractivity contribution in [1.82, 2.24) is 0 Å². The molecule has 148 valence electrons. The van der Waals surface area contributed by atoms with Crippen molar-refractivity contribution in [2.75, 3.05) is 0 Å². The molecule has 2 atom stereocenters. The molecule has 2 unspecified atom stereocenters. The van der Waals surface area contributed by atoms with Crippen LogP contribution < -0.4 is 14.2 Å². The van der Waals surface area contributed by atoms with Crippen LogP contribution in [0.15, 0.2) is 42.5 Å². The smallest absolute Gasteiger partial charge is 0.308 e. The molecule has 0 aliphatic rings. The highest BCUT2D eigenvalue weighted by molar-refractivity contribution is 5.71. The minimum absolute atomic E-state index is 0.0534. The van der Waals surface area contributed by atoms with Gasteiger partial charge in [-0.25, -0.2) is 0 Å². The fourth-order valence-corrected chi connectivity index (χ4v) is 2.48. The van der Waals surface area contributed by atoms with E-state index in [9.17, 15) is 24.6 Å². The molecule has 0 aromatic heterocycles. The summed E-state index contributed by atoms with van der Waals surface area (Å²) in [6.45, 7) is 3.67. The van der Waals surface area contributed by atoms with Crippen molar-refractivity contribution in [2.45, 2.75) is 33.0 Å². The summed E-state index contributed by atoms with van der Waals surface area (Å²) in [5.41, 5.74) is 0.530. The summed E-state index contributed by atoms with van der Waals surface area (Å²) in [4.78, 5) is 33.4. The third kappa shape index (κ3) is 5.90. The molecule has 2 N–H and O–H groups in total. The second-order valence-corrected chi connectivity index (χ2v) is 5.98. The lowest BCUT2D eigenvalue weighted by Crippen LogP contribution is -2.12. The minimum Gasteiger partial charge on any atom is -0.427 e. The Bertz CT molecular complexity index is 838. The van der Waals surface area contributed by atoms with E-state index in [4.69, 9.17) is 14.2 Å². The van der Waals surface area contributed by atoms with Crippen molar-refractivity contribution in [1.29, 1.82) is 0 Å². The zero-order chi connectivity index (χ0) is 20.8. The van der Waals surface area contributed by atoms with Crippen LogP contribution in [0.4, 0.5) is 0 Å². The zero-order valence-electron chi connectivity index (χ0n) is 15.5.